The summed E-state index contributed by atoms with van der Waals surface area (Å²) >= 11 is 0. The van der Waals surface area contributed by atoms with Crippen molar-refractivity contribution in [2.75, 3.05) is 0 Å². The van der Waals surface area contributed by atoms with Gasteiger partial charge in [0.1, 0.15) is 0 Å². The van der Waals surface area contributed by atoms with Crippen LogP contribution in [0.25, 0.3) is 72.0 Å². The van der Waals surface area contributed by atoms with Crippen LogP contribution in [0.5, 0.6) is 0 Å². The summed E-state index contributed by atoms with van der Waals surface area (Å²) in [5, 5.41) is 2.64. The van der Waals surface area contributed by atoms with Gasteiger partial charge in [0.05, 0.1) is 11.0 Å². The fraction of sp³-hybridized carbons (Fsp3) is 0.192. The third kappa shape index (κ3) is 4.14. The highest BCUT2D eigenvalue weighted by molar-refractivity contribution is 6.16. The summed E-state index contributed by atoms with van der Waals surface area (Å²) in [7, 11) is 0. The van der Waals surface area contributed by atoms with Crippen molar-refractivity contribution < 1.29 is 0 Å². The molecular weight excluding hydrogens is 639 g/mol. The van der Waals surface area contributed by atoms with Crippen molar-refractivity contribution in [3.05, 3.63) is 175 Å². The van der Waals surface area contributed by atoms with E-state index in [-0.39, 0.29) is 5.41 Å². The van der Waals surface area contributed by atoms with Gasteiger partial charge in [-0.3, -0.25) is 0 Å². The predicted octanol–water partition coefficient (Wildman–Crippen LogP) is 13.5. The van der Waals surface area contributed by atoms with E-state index < -0.39 is 0 Å². The van der Waals surface area contributed by atoms with Crippen molar-refractivity contribution in [3.8, 4) is 50.2 Å². The van der Waals surface area contributed by atoms with Crippen LogP contribution in [-0.4, -0.2) is 4.57 Å². The van der Waals surface area contributed by atoms with E-state index >= 15 is 0 Å². The molecule has 53 heavy (non-hydrogen) atoms. The molecule has 4 fully saturated rings. The zero-order chi connectivity index (χ0) is 34.7. The minimum atomic E-state index is 0.158. The van der Waals surface area contributed by atoms with Gasteiger partial charge < -0.3 is 4.57 Å². The normalized spacial score (nSPS) is 23.5. The fourth-order valence-corrected chi connectivity index (χ4v) is 12.3. The van der Waals surface area contributed by atoms with Crippen molar-refractivity contribution in [2.24, 2.45) is 23.7 Å². The van der Waals surface area contributed by atoms with Gasteiger partial charge in [-0.15, -0.1) is 0 Å². The molecule has 4 saturated carbocycles. The molecule has 0 unspecified atom stereocenters. The van der Waals surface area contributed by atoms with Crippen LogP contribution in [0.3, 0.4) is 0 Å². The monoisotopic (exact) mass is 679 g/mol. The second-order valence-corrected chi connectivity index (χ2v) is 16.5. The molecule has 13 rings (SSSR count). The minimum Gasteiger partial charge on any atom is -0.309 e. The van der Waals surface area contributed by atoms with Gasteiger partial charge in [-0.2, -0.15) is 0 Å². The highest BCUT2D eigenvalue weighted by Gasteiger charge is 2.61. The molecule has 8 aromatic rings. The van der Waals surface area contributed by atoms with Crippen LogP contribution < -0.4 is 0 Å². The Morgan fingerprint density at radius 2 is 1.00 bits per heavy atom. The van der Waals surface area contributed by atoms with Crippen LogP contribution in [-0.2, 0) is 5.41 Å². The van der Waals surface area contributed by atoms with Crippen molar-refractivity contribution in [1.29, 1.82) is 0 Å². The molecule has 4 bridgehead atoms. The first-order chi connectivity index (χ1) is 26.3. The summed E-state index contributed by atoms with van der Waals surface area (Å²) in [5.74, 6) is 3.39. The summed E-state index contributed by atoms with van der Waals surface area (Å²) in [6.07, 6.45) is 7.10. The standard InChI is InChI=1S/C52H41N/c1-3-12-35(13-4-1)41-25-23-40(32-46(41)36-14-5-2-6-15-36)53-49-20-10-8-17-45(49)51-42(18-11-21-50(51)53)37-22-24-44-43-16-7-9-19-47(43)52(48(44)31-37)38-27-33-26-34(29-38)30-39(52)28-33/h1-25,31-34,38-39H,26-30H2. The van der Waals surface area contributed by atoms with E-state index in [0.717, 1.165) is 23.7 Å². The van der Waals surface area contributed by atoms with Gasteiger partial charge in [0.2, 0.25) is 0 Å². The molecule has 1 aromatic heterocycles. The fourth-order valence-electron chi connectivity index (χ4n) is 12.3. The lowest BCUT2D eigenvalue weighted by molar-refractivity contribution is -0.0399. The SMILES string of the molecule is c1ccc(-c2ccc(-n3c4ccccc4c4c(-c5ccc6c(c5)C5(c7ccccc7-6)C6CC7CC(C6)CC5C7)cccc43)cc2-c2ccccc2)cc1. The average molecular weight is 680 g/mol. The molecule has 7 aromatic carbocycles. The highest BCUT2D eigenvalue weighted by Crippen LogP contribution is 2.69. The number of hydrogen-bond acceptors (Lipinski definition) is 0. The van der Waals surface area contributed by atoms with Crippen LogP contribution in [0.2, 0.25) is 0 Å². The highest BCUT2D eigenvalue weighted by atomic mass is 15.0. The van der Waals surface area contributed by atoms with Crippen LogP contribution in [0.4, 0.5) is 0 Å². The first-order valence-electron chi connectivity index (χ1n) is 19.8. The maximum Gasteiger partial charge on any atom is 0.0547 e. The van der Waals surface area contributed by atoms with E-state index in [1.807, 2.05) is 0 Å². The second kappa shape index (κ2) is 11.2. The molecule has 0 saturated heterocycles. The Bertz CT molecular complexity index is 2700. The summed E-state index contributed by atoms with van der Waals surface area (Å²) in [5.41, 5.74) is 17.7. The molecule has 0 amide bonds. The molecule has 0 aliphatic heterocycles. The predicted molar refractivity (Wildman–Crippen MR) is 220 cm³/mol. The molecular formula is C52H41N. The Kier molecular flexibility index (Phi) is 6.30. The van der Waals surface area contributed by atoms with Crippen molar-refractivity contribution in [3.63, 3.8) is 0 Å². The van der Waals surface area contributed by atoms with E-state index in [9.17, 15) is 0 Å². The largest absolute Gasteiger partial charge is 0.309 e. The summed E-state index contributed by atoms with van der Waals surface area (Å²) in [6.45, 7) is 0. The number of nitrogens with zero attached hydrogens (tertiary/aromatic N) is 1. The van der Waals surface area contributed by atoms with Gasteiger partial charge in [-0.05, 0) is 142 Å². The lowest BCUT2D eigenvalue weighted by atomic mass is 9.43. The smallest absolute Gasteiger partial charge is 0.0547 e. The number of para-hydroxylation sites is 1. The van der Waals surface area contributed by atoms with Crippen LogP contribution in [0.1, 0.15) is 43.2 Å². The molecule has 0 radical (unpaired) electrons. The lowest BCUT2D eigenvalue weighted by Crippen LogP contribution is -2.55. The van der Waals surface area contributed by atoms with Crippen LogP contribution >= 0.6 is 0 Å². The van der Waals surface area contributed by atoms with Crippen molar-refractivity contribution in [2.45, 2.75) is 37.5 Å². The third-order valence-corrected chi connectivity index (χ3v) is 14.0. The Morgan fingerprint density at radius 3 is 1.77 bits per heavy atom. The molecule has 5 aliphatic carbocycles. The Hall–Kier alpha value is -5.66. The van der Waals surface area contributed by atoms with Gasteiger partial charge in [0.15, 0.2) is 0 Å². The van der Waals surface area contributed by atoms with Crippen molar-refractivity contribution >= 4 is 21.8 Å². The lowest BCUT2D eigenvalue weighted by Gasteiger charge is -2.61. The molecule has 1 heteroatoms. The number of rotatable bonds is 4. The molecule has 1 heterocycles. The van der Waals surface area contributed by atoms with Gasteiger partial charge in [-0.1, -0.05) is 133 Å². The molecule has 1 nitrogen and oxygen atoms in total. The summed E-state index contributed by atoms with van der Waals surface area (Å²) in [6, 6.07) is 61.8. The number of hydrogen-bond donors (Lipinski definition) is 0. The van der Waals surface area contributed by atoms with Gasteiger partial charge in [0, 0.05) is 21.9 Å². The Balaban J connectivity index is 1.07. The average Bonchev–Trinajstić information content (AvgIpc) is 3.71. The van der Waals surface area contributed by atoms with E-state index in [1.165, 1.54) is 104 Å². The molecule has 5 aliphatic rings. The first-order valence-corrected chi connectivity index (χ1v) is 19.8. The van der Waals surface area contributed by atoms with Crippen LogP contribution in [0.15, 0.2) is 164 Å². The van der Waals surface area contributed by atoms with E-state index in [2.05, 4.69) is 168 Å². The molecule has 0 atom stereocenters. The van der Waals surface area contributed by atoms with Gasteiger partial charge >= 0.3 is 0 Å². The number of benzene rings is 7. The maximum atomic E-state index is 2.65. The zero-order valence-electron chi connectivity index (χ0n) is 29.9. The van der Waals surface area contributed by atoms with E-state index in [0.29, 0.717) is 0 Å². The minimum absolute atomic E-state index is 0.158. The molecule has 0 N–H and O–H groups in total. The maximum absolute atomic E-state index is 2.65. The zero-order valence-corrected chi connectivity index (χ0v) is 29.9. The summed E-state index contributed by atoms with van der Waals surface area (Å²) < 4.78 is 2.50. The van der Waals surface area contributed by atoms with Gasteiger partial charge in [-0.25, -0.2) is 0 Å². The molecule has 254 valence electrons. The third-order valence-electron chi connectivity index (χ3n) is 14.0. The Morgan fingerprint density at radius 1 is 0.396 bits per heavy atom. The topological polar surface area (TPSA) is 4.93 Å². The van der Waals surface area contributed by atoms with E-state index in [1.54, 1.807) is 11.1 Å². The quantitative estimate of drug-likeness (QED) is 0.174. The molecule has 1 spiro atoms. The van der Waals surface area contributed by atoms with E-state index in [4.69, 9.17) is 0 Å². The Labute approximate surface area is 311 Å². The second-order valence-electron chi connectivity index (χ2n) is 16.5. The van der Waals surface area contributed by atoms with Crippen LogP contribution in [0, 0.1) is 23.7 Å². The number of fused-ring (bicyclic) bond motifs is 6. The number of aromatic nitrogens is 1. The first kappa shape index (κ1) is 29.9. The summed E-state index contributed by atoms with van der Waals surface area (Å²) in [4.78, 5) is 0. The van der Waals surface area contributed by atoms with Gasteiger partial charge in [0.25, 0.3) is 0 Å². The van der Waals surface area contributed by atoms with Crippen molar-refractivity contribution in [1.82, 2.24) is 4.57 Å².